The summed E-state index contributed by atoms with van der Waals surface area (Å²) in [5.41, 5.74) is 3.76. The summed E-state index contributed by atoms with van der Waals surface area (Å²) in [6, 6.07) is 25.1. The van der Waals surface area contributed by atoms with Crippen LogP contribution in [-0.4, -0.2) is 79.6 Å². The lowest BCUT2D eigenvalue weighted by molar-refractivity contribution is 0.0997. The van der Waals surface area contributed by atoms with Gasteiger partial charge < -0.3 is 33.6 Å². The molecule has 6 rings (SSSR count). The first-order chi connectivity index (χ1) is 24.8. The van der Waals surface area contributed by atoms with Crippen LogP contribution < -0.4 is 29.7 Å². The summed E-state index contributed by atoms with van der Waals surface area (Å²) in [7, 11) is 8.38. The summed E-state index contributed by atoms with van der Waals surface area (Å²) in [6.07, 6.45) is 1.76. The predicted octanol–water partition coefficient (Wildman–Crippen LogP) is 5.44. The molecule has 1 N–H and O–H groups in total. The first kappa shape index (κ1) is 34.6. The third kappa shape index (κ3) is 7.84. The molecule has 2 heterocycles. The van der Waals surface area contributed by atoms with E-state index < -0.39 is 5.91 Å². The third-order valence-corrected chi connectivity index (χ3v) is 8.46. The molecule has 0 aliphatic heterocycles. The second-order valence-electron chi connectivity index (χ2n) is 11.7. The number of carbonyl (C=O) groups is 1. The van der Waals surface area contributed by atoms with Gasteiger partial charge in [0.25, 0.3) is 5.91 Å². The number of aromatic nitrogens is 4. The molecule has 262 valence electrons. The molecule has 0 bridgehead atoms. The van der Waals surface area contributed by atoms with Gasteiger partial charge in [-0.2, -0.15) is 0 Å². The highest BCUT2D eigenvalue weighted by atomic mass is 16.5. The normalized spacial score (nSPS) is 11.1. The van der Waals surface area contributed by atoms with Gasteiger partial charge in [-0.3, -0.25) is 9.59 Å². The number of carbonyl (C=O) groups excluding carboxylic acids is 1. The van der Waals surface area contributed by atoms with Crippen molar-refractivity contribution in [3.63, 3.8) is 0 Å². The zero-order valence-electron chi connectivity index (χ0n) is 29.0. The van der Waals surface area contributed by atoms with Crippen LogP contribution in [0, 0.1) is 0 Å². The quantitative estimate of drug-likeness (QED) is 0.156. The summed E-state index contributed by atoms with van der Waals surface area (Å²) in [4.78, 5) is 29.7. The Kier molecular flexibility index (Phi) is 10.6. The molecule has 2 aromatic heterocycles. The number of fused-ring (bicyclic) bond motifs is 1. The molecule has 0 aliphatic rings. The van der Waals surface area contributed by atoms with Crippen molar-refractivity contribution in [2.45, 2.75) is 12.8 Å². The highest BCUT2D eigenvalue weighted by Crippen LogP contribution is 2.38. The molecule has 0 fully saturated rings. The lowest BCUT2D eigenvalue weighted by Crippen LogP contribution is -2.23. The number of nitrogens with zero attached hydrogens (tertiary/aromatic N) is 5. The van der Waals surface area contributed by atoms with Crippen LogP contribution in [-0.2, 0) is 12.8 Å². The molecule has 51 heavy (non-hydrogen) atoms. The van der Waals surface area contributed by atoms with E-state index in [9.17, 15) is 9.59 Å². The second-order valence-corrected chi connectivity index (χ2v) is 11.7. The van der Waals surface area contributed by atoms with E-state index in [0.29, 0.717) is 39.4 Å². The van der Waals surface area contributed by atoms with Crippen LogP contribution in [0.4, 0.5) is 5.69 Å². The van der Waals surface area contributed by atoms with Gasteiger partial charge in [0.05, 0.1) is 50.8 Å². The fraction of sp³-hybridized carbons (Fsp3) is 0.237. The van der Waals surface area contributed by atoms with Crippen molar-refractivity contribution in [1.29, 1.82) is 0 Å². The number of tetrazole rings is 1. The van der Waals surface area contributed by atoms with Gasteiger partial charge >= 0.3 is 0 Å². The third-order valence-electron chi connectivity index (χ3n) is 8.46. The van der Waals surface area contributed by atoms with E-state index in [1.165, 1.54) is 30.1 Å². The van der Waals surface area contributed by atoms with Crippen LogP contribution >= 0.6 is 0 Å². The molecule has 0 atom stereocenters. The average molecular weight is 691 g/mol. The molecule has 0 spiro atoms. The minimum atomic E-state index is -0.638. The number of rotatable bonds is 14. The van der Waals surface area contributed by atoms with Gasteiger partial charge in [-0.05, 0) is 78.7 Å². The number of nitrogens with one attached hydrogen (secondary N) is 1. The molecule has 6 aromatic rings. The van der Waals surface area contributed by atoms with E-state index in [-0.39, 0.29) is 17.0 Å². The van der Waals surface area contributed by atoms with Crippen molar-refractivity contribution < 1.29 is 28.2 Å². The summed E-state index contributed by atoms with van der Waals surface area (Å²) in [6.45, 7) is 1.78. The van der Waals surface area contributed by atoms with Gasteiger partial charge in [-0.1, -0.05) is 30.3 Å². The number of para-hydroxylation sites is 1. The molecule has 0 aliphatic carbocycles. The Hall–Kier alpha value is -6.21. The van der Waals surface area contributed by atoms with E-state index in [4.69, 9.17) is 23.4 Å². The van der Waals surface area contributed by atoms with Crippen LogP contribution in [0.3, 0.4) is 0 Å². The van der Waals surface area contributed by atoms with Gasteiger partial charge in [0.2, 0.25) is 5.82 Å². The zero-order valence-corrected chi connectivity index (χ0v) is 29.0. The SMILES string of the molecule is COc1ccc(CCN(C)CCc2ccc(-n3nnc(-c4cc(OC)c(OC)cc4NC(=O)c4cc(=O)c5ccccc5o4)n3)cc2)cc1OC. The molecule has 4 aromatic carbocycles. The van der Waals surface area contributed by atoms with E-state index in [1.54, 1.807) is 50.6 Å². The highest BCUT2D eigenvalue weighted by Gasteiger charge is 2.21. The van der Waals surface area contributed by atoms with Gasteiger partial charge in [-0.15, -0.1) is 15.0 Å². The number of hydrogen-bond acceptors (Lipinski definition) is 11. The van der Waals surface area contributed by atoms with Crippen molar-refractivity contribution in [1.82, 2.24) is 25.1 Å². The molecular formula is C38H38N6O7. The fourth-order valence-corrected chi connectivity index (χ4v) is 5.58. The van der Waals surface area contributed by atoms with Gasteiger partial charge in [0.1, 0.15) is 5.58 Å². The summed E-state index contributed by atoms with van der Waals surface area (Å²) in [5.74, 6) is 1.66. The molecule has 0 saturated heterocycles. The summed E-state index contributed by atoms with van der Waals surface area (Å²) >= 11 is 0. The maximum absolute atomic E-state index is 13.4. The van der Waals surface area contributed by atoms with E-state index in [1.807, 2.05) is 36.4 Å². The number of benzene rings is 4. The van der Waals surface area contributed by atoms with Crippen LogP contribution in [0.15, 0.2) is 94.1 Å². The molecular weight excluding hydrogens is 652 g/mol. The lowest BCUT2D eigenvalue weighted by atomic mass is 10.1. The number of amides is 1. The van der Waals surface area contributed by atoms with Crippen molar-refractivity contribution in [3.8, 4) is 40.1 Å². The maximum Gasteiger partial charge on any atom is 0.291 e. The molecule has 13 heteroatoms. The van der Waals surface area contributed by atoms with Crippen molar-refractivity contribution in [3.05, 3.63) is 112 Å². The predicted molar refractivity (Wildman–Crippen MR) is 193 cm³/mol. The summed E-state index contributed by atoms with van der Waals surface area (Å²) < 4.78 is 27.5. The molecule has 0 unspecified atom stereocenters. The average Bonchev–Trinajstić information content (AvgIpc) is 3.66. The standard InChI is InChI=1S/C38H38N6O7/c1-43(19-17-25-12-15-32(47-2)33(20-25)48-3)18-16-24-10-13-26(14-11-24)44-41-37(40-42-44)28-21-34(49-4)35(50-5)22-29(28)39-38(46)36-23-30(45)27-8-6-7-9-31(27)51-36/h6-15,20-23H,16-19H2,1-5H3,(H,39,46). The zero-order chi connectivity index (χ0) is 35.9. The van der Waals surface area contributed by atoms with Crippen LogP contribution in [0.1, 0.15) is 21.7 Å². The largest absolute Gasteiger partial charge is 0.493 e. The van der Waals surface area contributed by atoms with Crippen LogP contribution in [0.5, 0.6) is 23.0 Å². The summed E-state index contributed by atoms with van der Waals surface area (Å²) in [5, 5.41) is 16.3. The lowest BCUT2D eigenvalue weighted by Gasteiger charge is -2.17. The molecule has 1 amide bonds. The van der Waals surface area contributed by atoms with Crippen LogP contribution in [0.25, 0.3) is 28.0 Å². The second kappa shape index (κ2) is 15.6. The Morgan fingerprint density at radius 2 is 1.43 bits per heavy atom. The first-order valence-electron chi connectivity index (χ1n) is 16.2. The van der Waals surface area contributed by atoms with Crippen molar-refractivity contribution in [2.75, 3.05) is 53.9 Å². The number of likely N-dealkylation sites (N-methyl/N-ethyl adjacent to an activating group) is 1. The smallest absolute Gasteiger partial charge is 0.291 e. The number of anilines is 1. The number of ether oxygens (including phenoxy) is 4. The van der Waals surface area contributed by atoms with Gasteiger partial charge in [0.15, 0.2) is 34.2 Å². The Labute approximate surface area is 294 Å². The number of hydrogen-bond donors (Lipinski definition) is 1. The van der Waals surface area contributed by atoms with E-state index in [0.717, 1.165) is 43.5 Å². The minimum absolute atomic E-state index is 0.153. The van der Waals surface area contributed by atoms with Crippen LogP contribution in [0.2, 0.25) is 0 Å². The monoisotopic (exact) mass is 690 g/mol. The van der Waals surface area contributed by atoms with E-state index >= 15 is 0 Å². The highest BCUT2D eigenvalue weighted by molar-refractivity contribution is 6.05. The number of methoxy groups -OCH3 is 4. The van der Waals surface area contributed by atoms with Gasteiger partial charge in [0, 0.05) is 25.2 Å². The Balaban J connectivity index is 1.15. The first-order valence-corrected chi connectivity index (χ1v) is 16.2. The minimum Gasteiger partial charge on any atom is -0.493 e. The molecule has 13 nitrogen and oxygen atoms in total. The Morgan fingerprint density at radius 3 is 2.16 bits per heavy atom. The maximum atomic E-state index is 13.4. The van der Waals surface area contributed by atoms with Crippen molar-refractivity contribution >= 4 is 22.6 Å². The Morgan fingerprint density at radius 1 is 0.784 bits per heavy atom. The Bertz CT molecular complexity index is 2210. The molecule has 0 radical (unpaired) electrons. The van der Waals surface area contributed by atoms with E-state index in [2.05, 4.69) is 38.7 Å². The van der Waals surface area contributed by atoms with Gasteiger partial charge in [-0.25, -0.2) is 0 Å². The topological polar surface area (TPSA) is 143 Å². The van der Waals surface area contributed by atoms with Crippen molar-refractivity contribution in [2.24, 2.45) is 0 Å². The fourth-order valence-electron chi connectivity index (χ4n) is 5.58. The molecule has 0 saturated carbocycles.